The molecule has 0 aliphatic carbocycles. The molecule has 0 fully saturated rings. The average Bonchev–Trinajstić information content (AvgIpc) is 3.86. The highest BCUT2D eigenvalue weighted by Gasteiger charge is 2.20. The molecule has 0 bridgehead atoms. The molecule has 0 aliphatic heterocycles. The third-order valence-electron chi connectivity index (χ3n) is 12.0. The lowest BCUT2D eigenvalue weighted by Gasteiger charge is -2.27. The Hall–Kier alpha value is -7.46. The van der Waals surface area contributed by atoms with E-state index < -0.39 is 0 Å². The van der Waals surface area contributed by atoms with Gasteiger partial charge in [0.25, 0.3) is 0 Å². The molecule has 10 aromatic carbocycles. The highest BCUT2D eigenvalue weighted by Crippen LogP contribution is 2.46. The normalized spacial score (nSPS) is 11.7. The van der Waals surface area contributed by atoms with E-state index in [0.717, 1.165) is 11.4 Å². The van der Waals surface area contributed by atoms with Crippen LogP contribution in [0.3, 0.4) is 0 Å². The summed E-state index contributed by atoms with van der Waals surface area (Å²) in [5.74, 6) is 0. The van der Waals surface area contributed by atoms with Gasteiger partial charge < -0.3 is 9.47 Å². The fourth-order valence-electron chi connectivity index (χ4n) is 9.26. The first-order chi connectivity index (χ1) is 29.3. The van der Waals surface area contributed by atoms with Crippen molar-refractivity contribution in [1.29, 1.82) is 0 Å². The van der Waals surface area contributed by atoms with Crippen LogP contribution < -0.4 is 4.90 Å². The van der Waals surface area contributed by atoms with Crippen molar-refractivity contribution in [2.24, 2.45) is 0 Å². The van der Waals surface area contributed by atoms with Crippen molar-refractivity contribution in [2.75, 3.05) is 4.90 Å². The maximum absolute atomic E-state index is 2.43. The fourth-order valence-corrected chi connectivity index (χ4v) is 10.4. The van der Waals surface area contributed by atoms with Gasteiger partial charge in [0.15, 0.2) is 0 Å². The van der Waals surface area contributed by atoms with Gasteiger partial charge in [0.2, 0.25) is 0 Å². The van der Waals surface area contributed by atoms with E-state index in [2.05, 4.69) is 228 Å². The number of hydrogen-bond donors (Lipinski definition) is 0. The van der Waals surface area contributed by atoms with Crippen molar-refractivity contribution in [3.8, 4) is 27.9 Å². The summed E-state index contributed by atoms with van der Waals surface area (Å²) < 4.78 is 4.96. The van der Waals surface area contributed by atoms with Gasteiger partial charge in [-0.1, -0.05) is 140 Å². The Bertz CT molecular complexity index is 3540. The Labute approximate surface area is 346 Å². The number of fused-ring (bicyclic) bond motifs is 9. The van der Waals surface area contributed by atoms with Crippen molar-refractivity contribution < 1.29 is 0 Å². The third-order valence-corrected chi connectivity index (χ3v) is 13.1. The van der Waals surface area contributed by atoms with Crippen molar-refractivity contribution in [3.05, 3.63) is 218 Å². The summed E-state index contributed by atoms with van der Waals surface area (Å²) in [6, 6.07) is 79.9. The number of hydrogen-bond acceptors (Lipinski definition) is 2. The monoisotopic (exact) mass is 768 g/mol. The fraction of sp³-hybridized carbons (Fsp3) is 0. The van der Waals surface area contributed by atoms with Crippen LogP contribution in [0.4, 0.5) is 17.1 Å². The molecule has 2 aromatic heterocycles. The molecule has 0 radical (unpaired) electrons. The molecule has 2 heterocycles. The quantitative estimate of drug-likeness (QED) is 0.153. The summed E-state index contributed by atoms with van der Waals surface area (Å²) in [6.45, 7) is 0. The largest absolute Gasteiger partial charge is 0.310 e. The lowest BCUT2D eigenvalue weighted by Crippen LogP contribution is -2.10. The van der Waals surface area contributed by atoms with Crippen LogP contribution in [0.5, 0.6) is 0 Å². The lowest BCUT2D eigenvalue weighted by molar-refractivity contribution is 1.18. The molecule has 59 heavy (non-hydrogen) atoms. The van der Waals surface area contributed by atoms with Crippen LogP contribution in [0.15, 0.2) is 218 Å². The van der Waals surface area contributed by atoms with Gasteiger partial charge in [-0.15, -0.1) is 11.3 Å². The van der Waals surface area contributed by atoms with Gasteiger partial charge in [-0.25, -0.2) is 0 Å². The minimum absolute atomic E-state index is 1.11. The SMILES string of the molecule is c1ccc(-n2c3ccccc3c3cc(-c4ccc(N(c5ccc(-c6cc7ccccc7c7ccccc67)cc5)c5cccc6sc7ccccc7c56)cc4)ccc32)cc1. The molecule has 12 aromatic rings. The Kier molecular flexibility index (Phi) is 7.75. The van der Waals surface area contributed by atoms with Gasteiger partial charge in [0, 0.05) is 48.0 Å². The van der Waals surface area contributed by atoms with E-state index in [1.807, 2.05) is 11.3 Å². The molecule has 0 atom stereocenters. The summed E-state index contributed by atoms with van der Waals surface area (Å²) >= 11 is 1.86. The number of rotatable bonds is 6. The van der Waals surface area contributed by atoms with Crippen molar-refractivity contribution >= 4 is 91.9 Å². The zero-order valence-corrected chi connectivity index (χ0v) is 32.9. The molecule has 0 unspecified atom stereocenters. The Morgan fingerprint density at radius 3 is 1.75 bits per heavy atom. The van der Waals surface area contributed by atoms with Gasteiger partial charge in [-0.3, -0.25) is 0 Å². The van der Waals surface area contributed by atoms with E-state index in [1.165, 1.54) is 97.2 Å². The number of para-hydroxylation sites is 2. The van der Waals surface area contributed by atoms with Gasteiger partial charge in [0.1, 0.15) is 0 Å². The topological polar surface area (TPSA) is 8.17 Å². The highest BCUT2D eigenvalue weighted by molar-refractivity contribution is 7.26. The summed E-state index contributed by atoms with van der Waals surface area (Å²) in [7, 11) is 0. The van der Waals surface area contributed by atoms with Gasteiger partial charge in [0.05, 0.1) is 16.7 Å². The predicted octanol–water partition coefficient (Wildman–Crippen LogP) is 16.3. The molecule has 2 nitrogen and oxygen atoms in total. The predicted molar refractivity (Wildman–Crippen MR) is 254 cm³/mol. The second kappa shape index (κ2) is 13.6. The van der Waals surface area contributed by atoms with Crippen LogP contribution >= 0.6 is 11.3 Å². The standard InChI is InChI=1S/C56H36N2S/c1-2-14-41(15-3-1)58-51-21-10-8-19-47(51)50-35-39(29-34-52(50)58)37-25-30-42(31-26-37)57(53-22-12-24-55-56(53)48-20-9-11-23-54(48)59-55)43-32-27-38(28-33-43)49-36-40-13-4-5-16-44(40)45-17-6-7-18-46(45)49/h1-36H. The maximum Gasteiger partial charge on any atom is 0.0554 e. The third kappa shape index (κ3) is 5.47. The minimum Gasteiger partial charge on any atom is -0.310 e. The van der Waals surface area contributed by atoms with E-state index in [1.54, 1.807) is 0 Å². The van der Waals surface area contributed by atoms with Crippen molar-refractivity contribution in [3.63, 3.8) is 0 Å². The summed E-state index contributed by atoms with van der Waals surface area (Å²) in [5, 5.41) is 10.2. The lowest BCUT2D eigenvalue weighted by atomic mass is 9.93. The first kappa shape index (κ1) is 33.7. The molecule has 0 N–H and O–H groups in total. The molecule has 0 aliphatic rings. The molecule has 0 saturated heterocycles. The number of benzene rings is 10. The van der Waals surface area contributed by atoms with Gasteiger partial charge in [-0.05, 0) is 123 Å². The number of thiophene rings is 1. The first-order valence-electron chi connectivity index (χ1n) is 20.2. The van der Waals surface area contributed by atoms with E-state index in [0.29, 0.717) is 0 Å². The molecule has 0 spiro atoms. The molecule has 276 valence electrons. The Balaban J connectivity index is 0.992. The zero-order valence-electron chi connectivity index (χ0n) is 32.1. The van der Waals surface area contributed by atoms with E-state index in [4.69, 9.17) is 0 Å². The zero-order chi connectivity index (χ0) is 38.9. The van der Waals surface area contributed by atoms with Crippen LogP contribution in [0.2, 0.25) is 0 Å². The first-order valence-corrected chi connectivity index (χ1v) is 21.0. The molecular formula is C56H36N2S. The smallest absolute Gasteiger partial charge is 0.0554 e. The second-order valence-corrected chi connectivity index (χ2v) is 16.4. The van der Waals surface area contributed by atoms with Crippen LogP contribution in [0.25, 0.3) is 91.5 Å². The van der Waals surface area contributed by atoms with E-state index >= 15 is 0 Å². The second-order valence-electron chi connectivity index (χ2n) is 15.3. The van der Waals surface area contributed by atoms with Crippen LogP contribution in [-0.4, -0.2) is 4.57 Å². The number of anilines is 3. The van der Waals surface area contributed by atoms with Crippen LogP contribution in [0, 0.1) is 0 Å². The summed E-state index contributed by atoms with van der Waals surface area (Å²) in [4.78, 5) is 2.43. The van der Waals surface area contributed by atoms with Crippen molar-refractivity contribution in [2.45, 2.75) is 0 Å². The van der Waals surface area contributed by atoms with Crippen molar-refractivity contribution in [1.82, 2.24) is 4.57 Å². The van der Waals surface area contributed by atoms with Crippen LogP contribution in [0.1, 0.15) is 0 Å². The van der Waals surface area contributed by atoms with E-state index in [-0.39, 0.29) is 0 Å². The van der Waals surface area contributed by atoms with E-state index in [9.17, 15) is 0 Å². The molecule has 3 heteroatoms. The number of nitrogens with zero attached hydrogens (tertiary/aromatic N) is 2. The molecule has 0 saturated carbocycles. The Morgan fingerprint density at radius 2 is 0.949 bits per heavy atom. The summed E-state index contributed by atoms with van der Waals surface area (Å²) in [6.07, 6.45) is 0. The average molecular weight is 769 g/mol. The minimum atomic E-state index is 1.11. The highest BCUT2D eigenvalue weighted by atomic mass is 32.1. The number of aromatic nitrogens is 1. The molecular weight excluding hydrogens is 733 g/mol. The Morgan fingerprint density at radius 1 is 0.356 bits per heavy atom. The maximum atomic E-state index is 2.43. The molecule has 0 amide bonds. The summed E-state index contributed by atoms with van der Waals surface area (Å²) in [5.41, 5.74) is 11.8. The van der Waals surface area contributed by atoms with Crippen LogP contribution in [-0.2, 0) is 0 Å². The van der Waals surface area contributed by atoms with Gasteiger partial charge in [-0.2, -0.15) is 0 Å². The van der Waals surface area contributed by atoms with Gasteiger partial charge >= 0.3 is 0 Å². The molecule has 12 rings (SSSR count).